The minimum atomic E-state index is -4.33. The highest BCUT2D eigenvalue weighted by atomic mass is 19.4. The summed E-state index contributed by atoms with van der Waals surface area (Å²) in [5.41, 5.74) is 0. The number of nitrogens with one attached hydrogen (secondary N) is 1. The minimum Gasteiger partial charge on any atom is -0.372 e. The summed E-state index contributed by atoms with van der Waals surface area (Å²) in [6.45, 7) is 0.836. The molecule has 6 heteroatoms. The zero-order chi connectivity index (χ0) is 12.4. The summed E-state index contributed by atoms with van der Waals surface area (Å²) in [5, 5.41) is 2.56. The number of allylic oxidation sites excluding steroid dienone is 1. The Bertz CT molecular complexity index is 227. The first kappa shape index (κ1) is 15.0. The number of ether oxygens (including phenoxy) is 1. The molecular weight excluding hydrogens is 223 g/mol. The number of halogens is 3. The molecule has 0 saturated carbocycles. The quantitative estimate of drug-likeness (QED) is 0.545. The van der Waals surface area contributed by atoms with Gasteiger partial charge in [-0.3, -0.25) is 4.79 Å². The van der Waals surface area contributed by atoms with Crippen LogP contribution in [-0.2, 0) is 9.53 Å². The van der Waals surface area contributed by atoms with Crippen LogP contribution in [0, 0.1) is 0 Å². The van der Waals surface area contributed by atoms with Gasteiger partial charge in [0.05, 0.1) is 6.61 Å². The fraction of sp³-hybridized carbons (Fsp3) is 0.700. The van der Waals surface area contributed by atoms with E-state index in [0.717, 1.165) is 0 Å². The van der Waals surface area contributed by atoms with Gasteiger partial charge in [-0.25, -0.2) is 0 Å². The highest BCUT2D eigenvalue weighted by Gasteiger charge is 2.27. The summed E-state index contributed by atoms with van der Waals surface area (Å²) < 4.78 is 39.2. The first-order valence-corrected chi connectivity index (χ1v) is 4.98. The van der Waals surface area contributed by atoms with Crippen molar-refractivity contribution >= 4 is 5.91 Å². The summed E-state index contributed by atoms with van der Waals surface area (Å²) in [4.78, 5) is 11.0. The van der Waals surface area contributed by atoms with E-state index >= 15 is 0 Å². The average Bonchev–Trinajstić information content (AvgIpc) is 2.18. The smallest absolute Gasteiger partial charge is 0.372 e. The maximum absolute atomic E-state index is 11.6. The van der Waals surface area contributed by atoms with Crippen molar-refractivity contribution in [1.82, 2.24) is 5.32 Å². The van der Waals surface area contributed by atoms with E-state index in [0.29, 0.717) is 13.0 Å². The highest BCUT2D eigenvalue weighted by molar-refractivity contribution is 5.75. The van der Waals surface area contributed by atoms with Crippen molar-refractivity contribution in [2.24, 2.45) is 0 Å². The SMILES string of the molecule is C/C=C/CCNC(=O)CCOCC(F)(F)F. The number of carbonyl (C=O) groups excluding carboxylic acids is 1. The standard InChI is InChI=1S/C10H16F3NO2/c1-2-3-4-6-14-9(15)5-7-16-8-10(11,12)13/h2-3H,4-8H2,1H3,(H,14,15)/b3-2+. The second-order valence-corrected chi connectivity index (χ2v) is 3.13. The highest BCUT2D eigenvalue weighted by Crippen LogP contribution is 2.14. The first-order chi connectivity index (χ1) is 7.45. The molecule has 0 heterocycles. The Morgan fingerprint density at radius 1 is 1.44 bits per heavy atom. The van der Waals surface area contributed by atoms with Gasteiger partial charge < -0.3 is 10.1 Å². The molecule has 0 unspecified atom stereocenters. The molecule has 1 N–H and O–H groups in total. The van der Waals surface area contributed by atoms with E-state index in [2.05, 4.69) is 10.1 Å². The van der Waals surface area contributed by atoms with Crippen molar-refractivity contribution < 1.29 is 22.7 Å². The summed E-state index contributed by atoms with van der Waals surface area (Å²) in [6, 6.07) is 0. The largest absolute Gasteiger partial charge is 0.411 e. The number of alkyl halides is 3. The molecule has 0 aromatic carbocycles. The van der Waals surface area contributed by atoms with Crippen LogP contribution >= 0.6 is 0 Å². The zero-order valence-corrected chi connectivity index (χ0v) is 9.14. The second-order valence-electron chi connectivity index (χ2n) is 3.13. The van der Waals surface area contributed by atoms with Gasteiger partial charge in [0, 0.05) is 13.0 Å². The molecule has 0 aliphatic heterocycles. The molecule has 0 spiro atoms. The molecule has 0 rings (SSSR count). The Morgan fingerprint density at radius 3 is 2.69 bits per heavy atom. The summed E-state index contributed by atoms with van der Waals surface area (Å²) in [7, 11) is 0. The van der Waals surface area contributed by atoms with Crippen molar-refractivity contribution in [3.63, 3.8) is 0 Å². The summed E-state index contributed by atoms with van der Waals surface area (Å²) in [5.74, 6) is -0.299. The van der Waals surface area contributed by atoms with E-state index < -0.39 is 12.8 Å². The molecule has 0 saturated heterocycles. The average molecular weight is 239 g/mol. The lowest BCUT2D eigenvalue weighted by atomic mass is 10.3. The van der Waals surface area contributed by atoms with Crippen LogP contribution in [0.2, 0.25) is 0 Å². The van der Waals surface area contributed by atoms with Gasteiger partial charge in [-0.05, 0) is 13.3 Å². The van der Waals surface area contributed by atoms with E-state index in [-0.39, 0.29) is 18.9 Å². The van der Waals surface area contributed by atoms with Crippen LogP contribution in [0.4, 0.5) is 13.2 Å². The lowest BCUT2D eigenvalue weighted by molar-refractivity contribution is -0.174. The Hall–Kier alpha value is -1.04. The van der Waals surface area contributed by atoms with Gasteiger partial charge in [-0.1, -0.05) is 12.2 Å². The Labute approximate surface area is 92.7 Å². The van der Waals surface area contributed by atoms with Gasteiger partial charge in [0.15, 0.2) is 0 Å². The molecule has 3 nitrogen and oxygen atoms in total. The fourth-order valence-electron chi connectivity index (χ4n) is 0.903. The molecule has 0 aromatic heterocycles. The molecule has 1 amide bonds. The van der Waals surface area contributed by atoms with Crippen LogP contribution in [0.1, 0.15) is 19.8 Å². The molecule has 0 bridgehead atoms. The van der Waals surface area contributed by atoms with Crippen molar-refractivity contribution in [1.29, 1.82) is 0 Å². The first-order valence-electron chi connectivity index (χ1n) is 4.98. The normalized spacial score (nSPS) is 12.0. The molecule has 0 atom stereocenters. The molecule has 0 aliphatic rings. The van der Waals surface area contributed by atoms with Crippen LogP contribution in [0.3, 0.4) is 0 Å². The number of amides is 1. The molecule has 0 radical (unpaired) electrons. The lowest BCUT2D eigenvalue weighted by Crippen LogP contribution is -2.26. The second kappa shape index (κ2) is 8.15. The van der Waals surface area contributed by atoms with Crippen LogP contribution in [-0.4, -0.2) is 31.8 Å². The topological polar surface area (TPSA) is 38.3 Å². The third-order valence-corrected chi connectivity index (χ3v) is 1.61. The summed E-state index contributed by atoms with van der Waals surface area (Å²) >= 11 is 0. The van der Waals surface area contributed by atoms with Gasteiger partial charge in [0.25, 0.3) is 0 Å². The zero-order valence-electron chi connectivity index (χ0n) is 9.14. The maximum Gasteiger partial charge on any atom is 0.411 e. The van der Waals surface area contributed by atoms with Gasteiger partial charge in [0.2, 0.25) is 5.91 Å². The molecular formula is C10H16F3NO2. The van der Waals surface area contributed by atoms with E-state index in [9.17, 15) is 18.0 Å². The van der Waals surface area contributed by atoms with Crippen LogP contribution in [0.15, 0.2) is 12.2 Å². The van der Waals surface area contributed by atoms with Crippen LogP contribution in [0.25, 0.3) is 0 Å². The molecule has 0 aromatic rings. The number of rotatable bonds is 7. The van der Waals surface area contributed by atoms with Crippen molar-refractivity contribution in [2.45, 2.75) is 25.9 Å². The monoisotopic (exact) mass is 239 g/mol. The van der Waals surface area contributed by atoms with Crippen molar-refractivity contribution in [3.8, 4) is 0 Å². The molecule has 94 valence electrons. The molecule has 0 aliphatic carbocycles. The lowest BCUT2D eigenvalue weighted by Gasteiger charge is -2.07. The predicted molar refractivity (Wildman–Crippen MR) is 53.9 cm³/mol. The van der Waals surface area contributed by atoms with Gasteiger partial charge in [0.1, 0.15) is 6.61 Å². The van der Waals surface area contributed by atoms with E-state index in [1.165, 1.54) is 0 Å². The minimum absolute atomic E-state index is 0.0497. The number of hydrogen-bond donors (Lipinski definition) is 1. The van der Waals surface area contributed by atoms with E-state index in [4.69, 9.17) is 0 Å². The van der Waals surface area contributed by atoms with Crippen LogP contribution in [0.5, 0.6) is 0 Å². The van der Waals surface area contributed by atoms with Gasteiger partial charge in [-0.15, -0.1) is 0 Å². The van der Waals surface area contributed by atoms with Crippen molar-refractivity contribution in [2.75, 3.05) is 19.8 Å². The number of hydrogen-bond acceptors (Lipinski definition) is 2. The van der Waals surface area contributed by atoms with E-state index in [1.807, 2.05) is 19.1 Å². The predicted octanol–water partition coefficient (Wildman–Crippen LogP) is 2.04. The van der Waals surface area contributed by atoms with Crippen molar-refractivity contribution in [3.05, 3.63) is 12.2 Å². The number of carbonyl (C=O) groups is 1. The van der Waals surface area contributed by atoms with Gasteiger partial charge >= 0.3 is 6.18 Å². The molecule has 16 heavy (non-hydrogen) atoms. The Morgan fingerprint density at radius 2 is 2.12 bits per heavy atom. The Balaban J connectivity index is 3.37. The third kappa shape index (κ3) is 11.0. The van der Waals surface area contributed by atoms with E-state index in [1.54, 1.807) is 0 Å². The Kier molecular flexibility index (Phi) is 7.62. The van der Waals surface area contributed by atoms with Crippen LogP contribution < -0.4 is 5.32 Å². The van der Waals surface area contributed by atoms with Gasteiger partial charge in [-0.2, -0.15) is 13.2 Å². The maximum atomic E-state index is 11.6. The fourth-order valence-corrected chi connectivity index (χ4v) is 0.903. The molecule has 0 fully saturated rings. The third-order valence-electron chi connectivity index (χ3n) is 1.61. The summed E-state index contributed by atoms with van der Waals surface area (Å²) in [6.07, 6.45) is 0.0823.